The van der Waals surface area contributed by atoms with Gasteiger partial charge in [0.15, 0.2) is 0 Å². The van der Waals surface area contributed by atoms with Gasteiger partial charge < -0.3 is 14.2 Å². The van der Waals surface area contributed by atoms with Gasteiger partial charge in [-0.15, -0.1) is 4.91 Å². The minimum absolute atomic E-state index is 0.0557. The molecule has 0 aromatic heterocycles. The zero-order valence-electron chi connectivity index (χ0n) is 12.9. The molecule has 0 radical (unpaired) electrons. The lowest BCUT2D eigenvalue weighted by Crippen LogP contribution is -2.03. The van der Waals surface area contributed by atoms with Gasteiger partial charge in [0.05, 0.1) is 30.7 Å². The molecule has 2 N–H and O–H groups in total. The van der Waals surface area contributed by atoms with Crippen molar-refractivity contribution in [3.63, 3.8) is 0 Å². The second kappa shape index (κ2) is 6.93. The topological polar surface area (TPSA) is 106 Å². The van der Waals surface area contributed by atoms with Crippen molar-refractivity contribution in [2.45, 2.75) is 13.5 Å². The van der Waals surface area contributed by atoms with Gasteiger partial charge in [0, 0.05) is 12.5 Å². The summed E-state index contributed by atoms with van der Waals surface area (Å²) in [4.78, 5) is 22.2. The second-order valence-electron chi connectivity index (χ2n) is 4.64. The van der Waals surface area contributed by atoms with Gasteiger partial charge in [-0.1, -0.05) is 0 Å². The van der Waals surface area contributed by atoms with E-state index in [1.165, 1.54) is 33.3 Å². The van der Waals surface area contributed by atoms with E-state index in [2.05, 4.69) is 10.7 Å². The van der Waals surface area contributed by atoms with E-state index in [4.69, 9.17) is 14.2 Å². The van der Waals surface area contributed by atoms with Gasteiger partial charge in [0.25, 0.3) is 0 Å². The van der Waals surface area contributed by atoms with E-state index in [0.29, 0.717) is 33.5 Å². The third-order valence-corrected chi connectivity index (χ3v) is 3.33. The number of esters is 1. The second-order valence-corrected chi connectivity index (χ2v) is 4.64. The first-order valence-electron chi connectivity index (χ1n) is 6.64. The van der Waals surface area contributed by atoms with Crippen molar-refractivity contribution in [1.29, 1.82) is 0 Å². The Balaban J connectivity index is 2.85. The SMILES string of the molecule is COc1cc(COC(C)=O)c(OC)c2c(N=O)ccc(NO)c12. The predicted octanol–water partition coefficient (Wildman–Crippen LogP) is 3.12. The Morgan fingerprint density at radius 1 is 1.26 bits per heavy atom. The molecule has 0 amide bonds. The van der Waals surface area contributed by atoms with Crippen LogP contribution in [0.5, 0.6) is 11.5 Å². The number of nitroso groups, excluding NO2 is 1. The van der Waals surface area contributed by atoms with E-state index in [1.807, 2.05) is 0 Å². The lowest BCUT2D eigenvalue weighted by atomic mass is 10.0. The minimum atomic E-state index is -0.453. The van der Waals surface area contributed by atoms with Crippen LogP contribution in [-0.2, 0) is 16.1 Å². The Hall–Kier alpha value is -2.87. The Morgan fingerprint density at radius 3 is 2.52 bits per heavy atom. The first kappa shape index (κ1) is 16.5. The Labute approximate surface area is 131 Å². The molecule has 0 aliphatic rings. The fourth-order valence-corrected chi connectivity index (χ4v) is 2.38. The summed E-state index contributed by atoms with van der Waals surface area (Å²) in [6.45, 7) is 1.23. The number of carbonyl (C=O) groups excluding carboxylic acids is 1. The van der Waals surface area contributed by atoms with Gasteiger partial charge in [0.2, 0.25) is 0 Å². The van der Waals surface area contributed by atoms with Crippen molar-refractivity contribution in [2.24, 2.45) is 5.18 Å². The largest absolute Gasteiger partial charge is 0.496 e. The number of rotatable bonds is 6. The monoisotopic (exact) mass is 320 g/mol. The maximum atomic E-state index is 11.2. The Kier molecular flexibility index (Phi) is 4.97. The maximum absolute atomic E-state index is 11.2. The van der Waals surface area contributed by atoms with Crippen LogP contribution in [0.2, 0.25) is 0 Å². The number of carbonyl (C=O) groups is 1. The molecule has 0 aliphatic carbocycles. The average Bonchev–Trinajstić information content (AvgIpc) is 2.57. The molecular weight excluding hydrogens is 304 g/mol. The van der Waals surface area contributed by atoms with Gasteiger partial charge in [-0.25, -0.2) is 0 Å². The van der Waals surface area contributed by atoms with E-state index in [-0.39, 0.29) is 12.3 Å². The normalized spacial score (nSPS) is 10.3. The molecule has 2 aromatic carbocycles. The average molecular weight is 320 g/mol. The molecule has 8 heteroatoms. The molecular formula is C15H16N2O6. The molecule has 122 valence electrons. The fourth-order valence-electron chi connectivity index (χ4n) is 2.38. The molecule has 0 saturated carbocycles. The summed E-state index contributed by atoms with van der Waals surface area (Å²) in [6.07, 6.45) is 0. The molecule has 2 rings (SSSR count). The highest BCUT2D eigenvalue weighted by Gasteiger charge is 2.20. The predicted molar refractivity (Wildman–Crippen MR) is 83.4 cm³/mol. The summed E-state index contributed by atoms with van der Waals surface area (Å²) < 4.78 is 15.7. The van der Waals surface area contributed by atoms with E-state index < -0.39 is 5.97 Å². The van der Waals surface area contributed by atoms with E-state index >= 15 is 0 Å². The number of fused-ring (bicyclic) bond motifs is 1. The highest BCUT2D eigenvalue weighted by Crippen LogP contribution is 2.45. The van der Waals surface area contributed by atoms with Crippen molar-refractivity contribution in [3.8, 4) is 11.5 Å². The summed E-state index contributed by atoms with van der Waals surface area (Å²) in [5.41, 5.74) is 2.99. The van der Waals surface area contributed by atoms with E-state index in [9.17, 15) is 14.9 Å². The highest BCUT2D eigenvalue weighted by molar-refractivity contribution is 6.08. The minimum Gasteiger partial charge on any atom is -0.496 e. The molecule has 0 spiro atoms. The highest BCUT2D eigenvalue weighted by atomic mass is 16.5. The first-order chi connectivity index (χ1) is 11.1. The van der Waals surface area contributed by atoms with Crippen LogP contribution in [0.15, 0.2) is 23.4 Å². The molecule has 0 heterocycles. The van der Waals surface area contributed by atoms with Gasteiger partial charge in [0.1, 0.15) is 23.8 Å². The lowest BCUT2D eigenvalue weighted by molar-refractivity contribution is -0.142. The van der Waals surface area contributed by atoms with E-state index in [1.54, 1.807) is 6.07 Å². The summed E-state index contributed by atoms with van der Waals surface area (Å²) in [5.74, 6) is 0.226. The summed E-state index contributed by atoms with van der Waals surface area (Å²) in [6, 6.07) is 4.54. The van der Waals surface area contributed by atoms with Gasteiger partial charge in [-0.3, -0.25) is 15.5 Å². The van der Waals surface area contributed by atoms with Crippen molar-refractivity contribution >= 4 is 28.1 Å². The summed E-state index contributed by atoms with van der Waals surface area (Å²) in [5, 5.41) is 13.1. The number of methoxy groups -OCH3 is 2. The van der Waals surface area contributed by atoms with Crippen molar-refractivity contribution < 1.29 is 24.2 Å². The van der Waals surface area contributed by atoms with Crippen LogP contribution in [0.25, 0.3) is 10.8 Å². The molecule has 23 heavy (non-hydrogen) atoms. The number of benzene rings is 2. The molecule has 0 atom stereocenters. The molecule has 0 bridgehead atoms. The number of anilines is 1. The first-order valence-corrected chi connectivity index (χ1v) is 6.64. The molecule has 0 fully saturated rings. The number of nitrogens with one attached hydrogen (secondary N) is 1. The fraction of sp³-hybridized carbons (Fsp3) is 0.267. The lowest BCUT2D eigenvalue weighted by Gasteiger charge is -2.17. The third kappa shape index (κ3) is 3.02. The maximum Gasteiger partial charge on any atom is 0.302 e. The van der Waals surface area contributed by atoms with Gasteiger partial charge in [-0.05, 0) is 23.4 Å². The zero-order valence-corrected chi connectivity index (χ0v) is 12.9. The third-order valence-electron chi connectivity index (χ3n) is 3.33. The number of ether oxygens (including phenoxy) is 3. The molecule has 8 nitrogen and oxygen atoms in total. The number of hydrogen-bond donors (Lipinski definition) is 2. The van der Waals surface area contributed by atoms with Crippen LogP contribution in [0.1, 0.15) is 12.5 Å². The molecule has 0 saturated heterocycles. The number of hydrogen-bond acceptors (Lipinski definition) is 8. The van der Waals surface area contributed by atoms with Crippen LogP contribution >= 0.6 is 0 Å². The van der Waals surface area contributed by atoms with Crippen molar-refractivity contribution in [1.82, 2.24) is 0 Å². The van der Waals surface area contributed by atoms with Crippen LogP contribution < -0.4 is 15.0 Å². The molecule has 2 aromatic rings. The van der Waals surface area contributed by atoms with Crippen molar-refractivity contribution in [2.75, 3.05) is 19.7 Å². The summed E-state index contributed by atoms with van der Waals surface area (Å²) >= 11 is 0. The van der Waals surface area contributed by atoms with E-state index in [0.717, 1.165) is 0 Å². The molecule has 0 unspecified atom stereocenters. The van der Waals surface area contributed by atoms with Crippen LogP contribution in [0, 0.1) is 4.91 Å². The standard InChI is InChI=1S/C15H16N2O6/c1-8(18)23-7-9-6-12(21-2)13-10(16-19)4-5-11(17-20)14(13)15(9)22-3/h4-6,16,19H,7H2,1-3H3. The van der Waals surface area contributed by atoms with Gasteiger partial charge >= 0.3 is 5.97 Å². The zero-order chi connectivity index (χ0) is 17.0. The Morgan fingerprint density at radius 2 is 2.00 bits per heavy atom. The smallest absolute Gasteiger partial charge is 0.302 e. The quantitative estimate of drug-likeness (QED) is 0.478. The van der Waals surface area contributed by atoms with Crippen LogP contribution in [-0.4, -0.2) is 25.4 Å². The summed E-state index contributed by atoms with van der Waals surface area (Å²) in [7, 11) is 2.87. The molecule has 0 aliphatic heterocycles. The number of nitrogens with zero attached hydrogens (tertiary/aromatic N) is 1. The van der Waals surface area contributed by atoms with Crippen LogP contribution in [0.3, 0.4) is 0 Å². The van der Waals surface area contributed by atoms with Crippen molar-refractivity contribution in [3.05, 3.63) is 28.7 Å². The van der Waals surface area contributed by atoms with Gasteiger partial charge in [-0.2, -0.15) is 0 Å². The Bertz CT molecular complexity index is 759. The van der Waals surface area contributed by atoms with Crippen LogP contribution in [0.4, 0.5) is 11.4 Å².